The summed E-state index contributed by atoms with van der Waals surface area (Å²) in [4.78, 5) is 31.5. The third-order valence-electron chi connectivity index (χ3n) is 5.10. The number of methoxy groups -OCH3 is 1. The zero-order valence-electron chi connectivity index (χ0n) is 16.4. The molecule has 0 aliphatic carbocycles. The maximum atomic E-state index is 13.0. The van der Waals surface area contributed by atoms with Crippen LogP contribution in [0.2, 0.25) is 0 Å². The van der Waals surface area contributed by atoms with Gasteiger partial charge in [-0.15, -0.1) is 0 Å². The molecule has 1 aromatic heterocycles. The number of hydrogen-bond acceptors (Lipinski definition) is 5. The van der Waals surface area contributed by atoms with Gasteiger partial charge in [0.25, 0.3) is 11.7 Å². The molecule has 1 aliphatic heterocycles. The molecular formula is C24H20N2O4. The van der Waals surface area contributed by atoms with Crippen LogP contribution in [0, 0.1) is 0 Å². The van der Waals surface area contributed by atoms with E-state index in [-0.39, 0.29) is 17.9 Å². The van der Waals surface area contributed by atoms with Gasteiger partial charge in [-0.05, 0) is 35.4 Å². The third kappa shape index (κ3) is 3.55. The highest BCUT2D eigenvalue weighted by molar-refractivity contribution is 6.46. The van der Waals surface area contributed by atoms with Crippen LogP contribution in [0.15, 0.2) is 84.7 Å². The Labute approximate surface area is 174 Å². The van der Waals surface area contributed by atoms with Crippen LogP contribution in [-0.4, -0.2) is 33.8 Å². The number of Topliss-reactive ketones (excluding diaryl/α,β-unsaturated/α-hetero) is 1. The average Bonchev–Trinajstić information content (AvgIpc) is 3.05. The highest BCUT2D eigenvalue weighted by Gasteiger charge is 2.46. The number of amides is 1. The lowest BCUT2D eigenvalue weighted by Crippen LogP contribution is -2.29. The van der Waals surface area contributed by atoms with E-state index in [4.69, 9.17) is 4.74 Å². The number of pyridine rings is 1. The molecule has 4 rings (SSSR count). The van der Waals surface area contributed by atoms with Crippen LogP contribution < -0.4 is 4.74 Å². The Morgan fingerprint density at radius 3 is 2.47 bits per heavy atom. The zero-order valence-corrected chi connectivity index (χ0v) is 16.4. The van der Waals surface area contributed by atoms with Crippen LogP contribution >= 0.6 is 0 Å². The summed E-state index contributed by atoms with van der Waals surface area (Å²) in [5.41, 5.74) is 2.05. The topological polar surface area (TPSA) is 79.7 Å². The zero-order chi connectivity index (χ0) is 21.1. The van der Waals surface area contributed by atoms with Gasteiger partial charge in [0.2, 0.25) is 0 Å². The third-order valence-corrected chi connectivity index (χ3v) is 5.10. The maximum absolute atomic E-state index is 13.0. The fraction of sp³-hybridized carbons (Fsp3) is 0.125. The summed E-state index contributed by atoms with van der Waals surface area (Å²) >= 11 is 0. The molecule has 6 nitrogen and oxygen atoms in total. The first-order valence-electron chi connectivity index (χ1n) is 9.47. The van der Waals surface area contributed by atoms with Crippen LogP contribution in [0.1, 0.15) is 22.7 Å². The molecule has 30 heavy (non-hydrogen) atoms. The molecule has 1 aliphatic rings. The van der Waals surface area contributed by atoms with E-state index < -0.39 is 17.7 Å². The number of ether oxygens (including phenoxy) is 1. The van der Waals surface area contributed by atoms with Gasteiger partial charge in [-0.25, -0.2) is 0 Å². The summed E-state index contributed by atoms with van der Waals surface area (Å²) in [6.07, 6.45) is 3.20. The molecule has 0 saturated carbocycles. The number of hydrogen-bond donors (Lipinski definition) is 1. The van der Waals surface area contributed by atoms with Gasteiger partial charge in [0.15, 0.2) is 0 Å². The van der Waals surface area contributed by atoms with Crippen molar-refractivity contribution in [2.45, 2.75) is 12.6 Å². The molecule has 1 atom stereocenters. The molecule has 2 aromatic carbocycles. The normalized spacial score (nSPS) is 17.9. The summed E-state index contributed by atoms with van der Waals surface area (Å²) in [7, 11) is 1.52. The number of aromatic nitrogens is 1. The van der Waals surface area contributed by atoms with Crippen molar-refractivity contribution in [2.24, 2.45) is 0 Å². The highest BCUT2D eigenvalue weighted by Crippen LogP contribution is 2.40. The minimum atomic E-state index is -0.723. The van der Waals surface area contributed by atoms with Gasteiger partial charge in [0.1, 0.15) is 11.5 Å². The highest BCUT2D eigenvalue weighted by atomic mass is 16.5. The number of rotatable bonds is 5. The predicted molar refractivity (Wildman–Crippen MR) is 112 cm³/mol. The van der Waals surface area contributed by atoms with Crippen LogP contribution in [0.4, 0.5) is 0 Å². The lowest BCUT2D eigenvalue weighted by atomic mass is 9.95. The van der Waals surface area contributed by atoms with Crippen LogP contribution in [-0.2, 0) is 16.1 Å². The second-order valence-corrected chi connectivity index (χ2v) is 6.93. The Bertz CT molecular complexity index is 1110. The standard InChI is InChI=1S/C24H20N2O4/c1-30-19-9-5-8-18(14-19)22(27)20-21(17-10-12-25-13-11-17)26(24(29)23(20)28)15-16-6-3-2-4-7-16/h2-14,21,27H,15H2,1H3/b22-20+. The molecular weight excluding hydrogens is 380 g/mol. The van der Waals surface area contributed by atoms with Crippen LogP contribution in [0.5, 0.6) is 5.75 Å². The van der Waals surface area contributed by atoms with Crippen molar-refractivity contribution in [3.05, 3.63) is 101 Å². The lowest BCUT2D eigenvalue weighted by molar-refractivity contribution is -0.140. The van der Waals surface area contributed by atoms with Gasteiger partial charge in [-0.2, -0.15) is 0 Å². The van der Waals surface area contributed by atoms with Crippen molar-refractivity contribution < 1.29 is 19.4 Å². The Hall–Kier alpha value is -3.93. The Balaban J connectivity index is 1.85. The minimum absolute atomic E-state index is 0.0513. The maximum Gasteiger partial charge on any atom is 0.295 e. The van der Waals surface area contributed by atoms with Crippen molar-refractivity contribution in [1.82, 2.24) is 9.88 Å². The fourth-order valence-corrected chi connectivity index (χ4v) is 3.64. The van der Waals surface area contributed by atoms with E-state index >= 15 is 0 Å². The molecule has 0 radical (unpaired) electrons. The molecule has 1 fully saturated rings. The molecule has 1 saturated heterocycles. The van der Waals surface area contributed by atoms with E-state index in [1.54, 1.807) is 48.8 Å². The summed E-state index contributed by atoms with van der Waals surface area (Å²) in [5.74, 6) is -1.05. The summed E-state index contributed by atoms with van der Waals surface area (Å²) < 4.78 is 5.22. The van der Waals surface area contributed by atoms with Crippen molar-refractivity contribution in [1.29, 1.82) is 0 Å². The number of ketones is 1. The van der Waals surface area contributed by atoms with Gasteiger partial charge < -0.3 is 14.7 Å². The van der Waals surface area contributed by atoms with E-state index in [2.05, 4.69) is 4.98 Å². The molecule has 1 amide bonds. The SMILES string of the molecule is COc1cccc(/C(O)=C2\C(=O)C(=O)N(Cc3ccccc3)C2c2ccncc2)c1. The summed E-state index contributed by atoms with van der Waals surface area (Å²) in [6, 6.07) is 19.0. The molecule has 2 heterocycles. The van der Waals surface area contributed by atoms with E-state index in [1.807, 2.05) is 30.3 Å². The van der Waals surface area contributed by atoms with Crippen LogP contribution in [0.25, 0.3) is 5.76 Å². The van der Waals surface area contributed by atoms with Gasteiger partial charge in [0, 0.05) is 24.5 Å². The monoisotopic (exact) mass is 400 g/mol. The summed E-state index contributed by atoms with van der Waals surface area (Å²) in [5, 5.41) is 11.1. The number of aliphatic hydroxyl groups is 1. The van der Waals surface area contributed by atoms with Crippen LogP contribution in [0.3, 0.4) is 0 Å². The van der Waals surface area contributed by atoms with Gasteiger partial charge in [-0.1, -0.05) is 42.5 Å². The van der Waals surface area contributed by atoms with E-state index in [0.29, 0.717) is 16.9 Å². The second-order valence-electron chi connectivity index (χ2n) is 6.93. The molecule has 0 spiro atoms. The summed E-state index contributed by atoms with van der Waals surface area (Å²) in [6.45, 7) is 0.243. The Kier molecular flexibility index (Phi) is 5.30. The molecule has 3 aromatic rings. The fourth-order valence-electron chi connectivity index (χ4n) is 3.64. The molecule has 1 unspecified atom stereocenters. The minimum Gasteiger partial charge on any atom is -0.507 e. The van der Waals surface area contributed by atoms with Gasteiger partial charge in [0.05, 0.1) is 18.7 Å². The Morgan fingerprint density at radius 2 is 1.77 bits per heavy atom. The number of aliphatic hydroxyl groups excluding tert-OH is 1. The van der Waals surface area contributed by atoms with Gasteiger partial charge >= 0.3 is 0 Å². The number of likely N-dealkylation sites (tertiary alicyclic amines) is 1. The molecule has 1 N–H and O–H groups in total. The van der Waals surface area contributed by atoms with E-state index in [9.17, 15) is 14.7 Å². The average molecular weight is 400 g/mol. The van der Waals surface area contributed by atoms with E-state index in [0.717, 1.165) is 5.56 Å². The quantitative estimate of drug-likeness (QED) is 0.401. The largest absolute Gasteiger partial charge is 0.507 e. The first kappa shape index (κ1) is 19.4. The lowest BCUT2D eigenvalue weighted by Gasteiger charge is -2.25. The first-order chi connectivity index (χ1) is 14.6. The van der Waals surface area contributed by atoms with E-state index in [1.165, 1.54) is 12.0 Å². The molecule has 0 bridgehead atoms. The number of benzene rings is 2. The first-order valence-corrected chi connectivity index (χ1v) is 9.47. The van der Waals surface area contributed by atoms with Crippen molar-refractivity contribution in [3.63, 3.8) is 0 Å². The number of carbonyl (C=O) groups is 2. The van der Waals surface area contributed by atoms with Crippen molar-refractivity contribution in [2.75, 3.05) is 7.11 Å². The predicted octanol–water partition coefficient (Wildman–Crippen LogP) is 3.71. The van der Waals surface area contributed by atoms with Crippen molar-refractivity contribution >= 4 is 17.4 Å². The number of carbonyl (C=O) groups excluding carboxylic acids is 2. The second kappa shape index (κ2) is 8.21. The molecule has 150 valence electrons. The van der Waals surface area contributed by atoms with Crippen molar-refractivity contribution in [3.8, 4) is 5.75 Å². The Morgan fingerprint density at radius 1 is 1.03 bits per heavy atom. The van der Waals surface area contributed by atoms with Gasteiger partial charge in [-0.3, -0.25) is 14.6 Å². The smallest absolute Gasteiger partial charge is 0.295 e. The number of nitrogens with zero attached hydrogens (tertiary/aromatic N) is 2. The molecule has 6 heteroatoms.